The van der Waals surface area contributed by atoms with Gasteiger partial charge in [-0.25, -0.2) is 9.78 Å². The van der Waals surface area contributed by atoms with Crippen LogP contribution in [0.25, 0.3) is 0 Å². The maximum Gasteiger partial charge on any atom is 0.318 e. The summed E-state index contributed by atoms with van der Waals surface area (Å²) in [5, 5.41) is 10.1. The standard InChI is InChI=1S/C21H33N5O2.CH2O2/c1-16-23-18-14-25(13-17(18)19(27)24(16)2)20(28)22-15-21(9-5-3-6-10-21)26-11-7-4-8-12-26;2-1-3/h3-15H2,1-2H3,(H,22,28);1H,(H,2,3). The van der Waals surface area contributed by atoms with Gasteiger partial charge in [0.2, 0.25) is 0 Å². The molecule has 4 rings (SSSR count). The zero-order chi connectivity index (χ0) is 22.4. The summed E-state index contributed by atoms with van der Waals surface area (Å²) >= 11 is 0. The molecule has 0 aromatic carbocycles. The summed E-state index contributed by atoms with van der Waals surface area (Å²) in [6.45, 7) is 5.39. The Bertz CT molecular complexity index is 841. The van der Waals surface area contributed by atoms with Crippen molar-refractivity contribution in [2.24, 2.45) is 7.05 Å². The van der Waals surface area contributed by atoms with Crippen molar-refractivity contribution in [1.82, 2.24) is 24.7 Å². The van der Waals surface area contributed by atoms with E-state index in [4.69, 9.17) is 9.90 Å². The van der Waals surface area contributed by atoms with Gasteiger partial charge in [0.15, 0.2) is 0 Å². The molecule has 0 bridgehead atoms. The van der Waals surface area contributed by atoms with Crippen LogP contribution in [0.15, 0.2) is 4.79 Å². The first-order chi connectivity index (χ1) is 14.9. The summed E-state index contributed by atoms with van der Waals surface area (Å²) in [6.07, 6.45) is 10.0. The molecule has 2 amide bonds. The maximum absolute atomic E-state index is 12.9. The fourth-order valence-corrected chi connectivity index (χ4v) is 5.21. The number of rotatable bonds is 3. The van der Waals surface area contributed by atoms with Crippen molar-refractivity contribution < 1.29 is 14.7 Å². The lowest BCUT2D eigenvalue weighted by molar-refractivity contribution is -0.122. The zero-order valence-corrected chi connectivity index (χ0v) is 18.7. The first-order valence-corrected chi connectivity index (χ1v) is 11.3. The summed E-state index contributed by atoms with van der Waals surface area (Å²) in [5.74, 6) is 0.692. The van der Waals surface area contributed by atoms with Crippen molar-refractivity contribution in [1.29, 1.82) is 0 Å². The Morgan fingerprint density at radius 2 is 1.74 bits per heavy atom. The predicted octanol–water partition coefficient (Wildman–Crippen LogP) is 2.00. The summed E-state index contributed by atoms with van der Waals surface area (Å²) in [6, 6.07) is -0.0698. The Morgan fingerprint density at radius 1 is 1.13 bits per heavy atom. The van der Waals surface area contributed by atoms with Crippen molar-refractivity contribution in [2.45, 2.75) is 76.9 Å². The Hall–Kier alpha value is -2.42. The van der Waals surface area contributed by atoms with E-state index in [2.05, 4.69) is 15.2 Å². The molecule has 0 spiro atoms. The van der Waals surface area contributed by atoms with Crippen LogP contribution in [0, 0.1) is 6.92 Å². The Kier molecular flexibility index (Phi) is 7.69. The highest BCUT2D eigenvalue weighted by Crippen LogP contribution is 2.35. The summed E-state index contributed by atoms with van der Waals surface area (Å²) in [7, 11) is 1.74. The largest absolute Gasteiger partial charge is 0.483 e. The van der Waals surface area contributed by atoms with Crippen LogP contribution in [-0.4, -0.2) is 62.1 Å². The molecule has 0 atom stereocenters. The van der Waals surface area contributed by atoms with Crippen LogP contribution in [0.2, 0.25) is 0 Å². The third kappa shape index (κ3) is 5.08. The second-order valence-corrected chi connectivity index (χ2v) is 8.90. The van der Waals surface area contributed by atoms with Gasteiger partial charge in [0.05, 0.1) is 24.3 Å². The molecule has 172 valence electrons. The molecule has 0 unspecified atom stereocenters. The number of nitrogens with zero attached hydrogens (tertiary/aromatic N) is 4. The van der Waals surface area contributed by atoms with E-state index in [0.717, 1.165) is 18.8 Å². The third-order valence-corrected chi connectivity index (χ3v) is 7.05. The number of fused-ring (bicyclic) bond motifs is 1. The number of hydrogen-bond acceptors (Lipinski definition) is 5. The molecule has 1 aliphatic carbocycles. The number of amides is 2. The molecule has 9 nitrogen and oxygen atoms in total. The Balaban J connectivity index is 0.000000858. The molecule has 1 saturated heterocycles. The number of carbonyl (C=O) groups is 2. The number of aryl methyl sites for hydroxylation is 1. The monoisotopic (exact) mass is 433 g/mol. The first-order valence-electron chi connectivity index (χ1n) is 11.3. The van der Waals surface area contributed by atoms with Crippen molar-refractivity contribution in [3.63, 3.8) is 0 Å². The van der Waals surface area contributed by atoms with Gasteiger partial charge in [0, 0.05) is 19.1 Å². The third-order valence-electron chi connectivity index (χ3n) is 7.05. The van der Waals surface area contributed by atoms with Gasteiger partial charge in [-0.3, -0.25) is 19.1 Å². The van der Waals surface area contributed by atoms with Gasteiger partial charge in [0.1, 0.15) is 5.82 Å². The molecule has 1 aromatic heterocycles. The number of nitrogens with one attached hydrogen (secondary N) is 1. The van der Waals surface area contributed by atoms with Gasteiger partial charge in [0.25, 0.3) is 12.0 Å². The van der Waals surface area contributed by atoms with Crippen molar-refractivity contribution in [3.05, 3.63) is 27.4 Å². The highest BCUT2D eigenvalue weighted by atomic mass is 16.3. The Morgan fingerprint density at radius 3 is 2.39 bits per heavy atom. The lowest BCUT2D eigenvalue weighted by atomic mass is 9.79. The lowest BCUT2D eigenvalue weighted by Crippen LogP contribution is -2.59. The topological polar surface area (TPSA) is 108 Å². The van der Waals surface area contributed by atoms with Gasteiger partial charge in [-0.1, -0.05) is 25.7 Å². The SMILES string of the molecule is Cc1nc2c(c(=O)n1C)CN(C(=O)NCC1(N3CCCCC3)CCCCC1)C2.O=CO. The van der Waals surface area contributed by atoms with Gasteiger partial charge in [-0.05, 0) is 45.7 Å². The second-order valence-electron chi connectivity index (χ2n) is 8.90. The normalized spacial score (nSPS) is 20.4. The molecular formula is C22H35N5O4. The summed E-state index contributed by atoms with van der Waals surface area (Å²) < 4.78 is 1.56. The molecule has 2 aliphatic heterocycles. The number of urea groups is 1. The predicted molar refractivity (Wildman–Crippen MR) is 117 cm³/mol. The number of hydrogen-bond donors (Lipinski definition) is 2. The van der Waals surface area contributed by atoms with E-state index in [1.807, 2.05) is 6.92 Å². The minimum absolute atomic E-state index is 0.0325. The maximum atomic E-state index is 12.9. The Labute approximate surface area is 183 Å². The minimum atomic E-state index is -0.250. The van der Waals surface area contributed by atoms with E-state index in [0.29, 0.717) is 31.0 Å². The average Bonchev–Trinajstić information content (AvgIpc) is 3.22. The van der Waals surface area contributed by atoms with Gasteiger partial charge in [-0.15, -0.1) is 0 Å². The molecule has 2 fully saturated rings. The second kappa shape index (κ2) is 10.3. The summed E-state index contributed by atoms with van der Waals surface area (Å²) in [5.41, 5.74) is 1.49. The average molecular weight is 434 g/mol. The van der Waals surface area contributed by atoms with Crippen LogP contribution in [0.1, 0.15) is 68.4 Å². The van der Waals surface area contributed by atoms with Gasteiger partial charge in [-0.2, -0.15) is 0 Å². The van der Waals surface area contributed by atoms with E-state index < -0.39 is 0 Å². The number of carboxylic acid groups (broad SMARTS) is 1. The fraction of sp³-hybridized carbons (Fsp3) is 0.727. The number of piperidine rings is 1. The molecule has 1 saturated carbocycles. The van der Waals surface area contributed by atoms with Crippen LogP contribution in [0.3, 0.4) is 0 Å². The quantitative estimate of drug-likeness (QED) is 0.706. The summed E-state index contributed by atoms with van der Waals surface area (Å²) in [4.78, 5) is 42.6. The molecule has 2 N–H and O–H groups in total. The fourth-order valence-electron chi connectivity index (χ4n) is 5.21. The van der Waals surface area contributed by atoms with E-state index in [9.17, 15) is 9.59 Å². The molecular weight excluding hydrogens is 398 g/mol. The molecule has 3 aliphatic rings. The molecule has 31 heavy (non-hydrogen) atoms. The van der Waals surface area contributed by atoms with Gasteiger partial charge >= 0.3 is 6.03 Å². The smallest absolute Gasteiger partial charge is 0.318 e. The van der Waals surface area contributed by atoms with E-state index in [-0.39, 0.29) is 23.6 Å². The van der Waals surface area contributed by atoms with Crippen LogP contribution in [0.5, 0.6) is 0 Å². The highest BCUT2D eigenvalue weighted by molar-refractivity contribution is 5.75. The zero-order valence-electron chi connectivity index (χ0n) is 18.7. The number of carbonyl (C=O) groups excluding carboxylic acids is 1. The first kappa shape index (κ1) is 23.2. The molecule has 0 radical (unpaired) electrons. The lowest BCUT2D eigenvalue weighted by Gasteiger charge is -2.48. The van der Waals surface area contributed by atoms with Crippen LogP contribution >= 0.6 is 0 Å². The van der Waals surface area contributed by atoms with Crippen LogP contribution < -0.4 is 10.9 Å². The van der Waals surface area contributed by atoms with Crippen molar-refractivity contribution in [3.8, 4) is 0 Å². The van der Waals surface area contributed by atoms with Crippen molar-refractivity contribution in [2.75, 3.05) is 19.6 Å². The van der Waals surface area contributed by atoms with E-state index >= 15 is 0 Å². The molecule has 9 heteroatoms. The number of likely N-dealkylation sites (tertiary alicyclic amines) is 1. The van der Waals surface area contributed by atoms with Crippen molar-refractivity contribution >= 4 is 12.5 Å². The van der Waals surface area contributed by atoms with E-state index in [1.165, 1.54) is 51.4 Å². The molecule has 1 aromatic rings. The molecule has 3 heterocycles. The van der Waals surface area contributed by atoms with Gasteiger partial charge < -0.3 is 15.3 Å². The van der Waals surface area contributed by atoms with Crippen LogP contribution in [-0.2, 0) is 24.9 Å². The van der Waals surface area contributed by atoms with E-state index in [1.54, 1.807) is 16.5 Å². The highest BCUT2D eigenvalue weighted by Gasteiger charge is 2.39. The minimum Gasteiger partial charge on any atom is -0.483 e. The van der Waals surface area contributed by atoms with Crippen LogP contribution in [0.4, 0.5) is 4.79 Å². The number of aromatic nitrogens is 2.